The van der Waals surface area contributed by atoms with Crippen molar-refractivity contribution in [1.82, 2.24) is 4.90 Å². The van der Waals surface area contributed by atoms with Gasteiger partial charge in [-0.2, -0.15) is 8.42 Å². The minimum absolute atomic E-state index is 0.0741. The van der Waals surface area contributed by atoms with E-state index in [9.17, 15) is 22.0 Å². The molecule has 0 fully saturated rings. The van der Waals surface area contributed by atoms with Crippen LogP contribution in [0.1, 0.15) is 61.8 Å². The average molecular weight is 593 g/mol. The first-order valence-electron chi connectivity index (χ1n) is 13.6. The van der Waals surface area contributed by atoms with Crippen LogP contribution >= 0.6 is 0 Å². The highest BCUT2D eigenvalue weighted by Crippen LogP contribution is 2.33. The van der Waals surface area contributed by atoms with Crippen LogP contribution in [-0.4, -0.2) is 19.3 Å². The van der Waals surface area contributed by atoms with Crippen molar-refractivity contribution in [2.75, 3.05) is 5.32 Å². The van der Waals surface area contributed by atoms with Gasteiger partial charge in [-0.1, -0.05) is 70.2 Å². The van der Waals surface area contributed by atoms with Crippen molar-refractivity contribution in [2.24, 2.45) is 0 Å². The molecule has 0 aliphatic heterocycles. The van der Waals surface area contributed by atoms with Gasteiger partial charge in [0.1, 0.15) is 22.3 Å². The molecule has 0 spiro atoms. The molecule has 9 heteroatoms. The summed E-state index contributed by atoms with van der Waals surface area (Å²) in [5, 5.41) is 3.14. The van der Waals surface area contributed by atoms with E-state index in [4.69, 9.17) is 4.18 Å². The molecule has 6 nitrogen and oxygen atoms in total. The lowest BCUT2D eigenvalue weighted by atomic mass is 9.93. The van der Waals surface area contributed by atoms with E-state index in [0.29, 0.717) is 0 Å². The number of rotatable bonds is 10. The summed E-state index contributed by atoms with van der Waals surface area (Å²) in [6, 6.07) is 22.3. The summed E-state index contributed by atoms with van der Waals surface area (Å²) in [5.41, 5.74) is 4.31. The van der Waals surface area contributed by atoms with Gasteiger partial charge in [-0.25, -0.2) is 13.6 Å². The van der Waals surface area contributed by atoms with Crippen molar-refractivity contribution in [3.05, 3.63) is 125 Å². The molecule has 0 bridgehead atoms. The number of benzene rings is 4. The van der Waals surface area contributed by atoms with E-state index in [1.165, 1.54) is 24.3 Å². The quantitative estimate of drug-likeness (QED) is 0.188. The van der Waals surface area contributed by atoms with Crippen molar-refractivity contribution in [1.29, 1.82) is 0 Å². The van der Waals surface area contributed by atoms with Crippen molar-refractivity contribution < 1.29 is 26.2 Å². The fourth-order valence-corrected chi connectivity index (χ4v) is 5.47. The molecule has 0 radical (unpaired) electrons. The number of carbonyl (C=O) groups is 1. The topological polar surface area (TPSA) is 75.7 Å². The zero-order chi connectivity index (χ0) is 30.4. The molecule has 0 saturated heterocycles. The monoisotopic (exact) mass is 592 g/mol. The van der Waals surface area contributed by atoms with Crippen LogP contribution in [0.5, 0.6) is 5.75 Å². The maximum absolute atomic E-state index is 13.8. The number of hydrogen-bond donors (Lipinski definition) is 1. The molecular formula is C33H34F2N2O4S. The van der Waals surface area contributed by atoms with Gasteiger partial charge in [-0.05, 0) is 82.6 Å². The number of amides is 2. The van der Waals surface area contributed by atoms with E-state index in [1.54, 1.807) is 29.2 Å². The van der Waals surface area contributed by atoms with Crippen LogP contribution in [-0.2, 0) is 23.2 Å². The van der Waals surface area contributed by atoms with Gasteiger partial charge in [0.15, 0.2) is 0 Å². The Morgan fingerprint density at radius 2 is 1.19 bits per heavy atom. The fraction of sp³-hybridized carbons (Fsp3) is 0.242. The second-order valence-corrected chi connectivity index (χ2v) is 12.2. The first kappa shape index (κ1) is 30.7. The summed E-state index contributed by atoms with van der Waals surface area (Å²) in [6.45, 7) is 8.70. The lowest BCUT2D eigenvalue weighted by Gasteiger charge is -2.26. The second kappa shape index (κ2) is 13.2. The molecule has 4 rings (SSSR count). The molecule has 1 N–H and O–H groups in total. The molecule has 0 aliphatic rings. The first-order chi connectivity index (χ1) is 19.9. The second-order valence-electron chi connectivity index (χ2n) is 10.7. The summed E-state index contributed by atoms with van der Waals surface area (Å²) in [5.74, 6) is -0.481. The Morgan fingerprint density at radius 3 is 1.67 bits per heavy atom. The Bertz CT molecular complexity index is 1590. The smallest absolute Gasteiger partial charge is 0.339 e. The third-order valence-electron chi connectivity index (χ3n) is 6.78. The zero-order valence-corrected chi connectivity index (χ0v) is 24.8. The first-order valence-corrected chi connectivity index (χ1v) is 15.1. The van der Waals surface area contributed by atoms with Crippen LogP contribution in [0, 0.1) is 11.6 Å². The van der Waals surface area contributed by atoms with Gasteiger partial charge in [0.2, 0.25) is 0 Å². The van der Waals surface area contributed by atoms with Crippen molar-refractivity contribution in [2.45, 2.75) is 57.5 Å². The molecule has 0 atom stereocenters. The number of halogens is 2. The van der Waals surface area contributed by atoms with Crippen LogP contribution in [0.15, 0.2) is 95.9 Å². The lowest BCUT2D eigenvalue weighted by Crippen LogP contribution is -2.34. The maximum Gasteiger partial charge on any atom is 0.339 e. The minimum Gasteiger partial charge on any atom is -0.379 e. The van der Waals surface area contributed by atoms with Crippen LogP contribution < -0.4 is 9.50 Å². The molecule has 4 aromatic carbocycles. The molecular weight excluding hydrogens is 558 g/mol. The average Bonchev–Trinajstić information content (AvgIpc) is 2.94. The minimum atomic E-state index is -4.15. The SMILES string of the molecule is CC(C)c1cccc(C(C)C)c1NC(=O)N(Cc1ccc(F)cc1)Cc1ccc(OS(=O)(=O)c2ccc(F)cc2)cc1. The highest BCUT2D eigenvalue weighted by molar-refractivity contribution is 7.87. The normalized spacial score (nSPS) is 11.5. The van der Waals surface area contributed by atoms with Crippen LogP contribution in [0.25, 0.3) is 0 Å². The predicted octanol–water partition coefficient (Wildman–Crippen LogP) is 8.21. The fourth-order valence-electron chi connectivity index (χ4n) is 4.54. The van der Waals surface area contributed by atoms with Gasteiger partial charge >= 0.3 is 16.1 Å². The summed E-state index contributed by atoms with van der Waals surface area (Å²) in [6.07, 6.45) is 0. The Hall–Kier alpha value is -4.24. The van der Waals surface area contributed by atoms with Gasteiger partial charge in [0.25, 0.3) is 0 Å². The van der Waals surface area contributed by atoms with Gasteiger partial charge in [0.05, 0.1) is 0 Å². The van der Waals surface area contributed by atoms with E-state index in [2.05, 4.69) is 33.0 Å². The highest BCUT2D eigenvalue weighted by atomic mass is 32.2. The van der Waals surface area contributed by atoms with E-state index >= 15 is 0 Å². The number of anilines is 1. The van der Waals surface area contributed by atoms with Gasteiger partial charge in [-0.3, -0.25) is 0 Å². The van der Waals surface area contributed by atoms with Crippen molar-refractivity contribution >= 4 is 21.8 Å². The number of carbonyl (C=O) groups excluding carboxylic acids is 1. The van der Waals surface area contributed by atoms with E-state index in [0.717, 1.165) is 52.2 Å². The summed E-state index contributed by atoms with van der Waals surface area (Å²) < 4.78 is 57.2. The number of hydrogen-bond acceptors (Lipinski definition) is 4. The molecule has 0 aromatic heterocycles. The third-order valence-corrected chi connectivity index (χ3v) is 8.05. The molecule has 42 heavy (non-hydrogen) atoms. The molecule has 0 saturated carbocycles. The van der Waals surface area contributed by atoms with Crippen molar-refractivity contribution in [3.63, 3.8) is 0 Å². The maximum atomic E-state index is 13.8. The number of nitrogens with one attached hydrogen (secondary N) is 1. The number of nitrogens with zero attached hydrogens (tertiary/aromatic N) is 1. The van der Waals surface area contributed by atoms with Crippen LogP contribution in [0.4, 0.5) is 19.3 Å². The zero-order valence-electron chi connectivity index (χ0n) is 24.0. The largest absolute Gasteiger partial charge is 0.379 e. The van der Waals surface area contributed by atoms with E-state index in [-0.39, 0.29) is 47.4 Å². The lowest BCUT2D eigenvalue weighted by molar-refractivity contribution is 0.206. The predicted molar refractivity (Wildman–Crippen MR) is 160 cm³/mol. The Labute approximate surface area is 246 Å². The van der Waals surface area contributed by atoms with E-state index < -0.39 is 15.9 Å². The number of para-hydroxylation sites is 1. The third kappa shape index (κ3) is 7.73. The van der Waals surface area contributed by atoms with Gasteiger partial charge < -0.3 is 14.4 Å². The van der Waals surface area contributed by atoms with Crippen molar-refractivity contribution in [3.8, 4) is 5.75 Å². The standard InChI is InChI=1S/C33H34F2N2O4S/c1-22(2)30-6-5-7-31(23(3)4)32(30)36-33(38)37(20-24-8-12-26(34)13-9-24)21-25-10-16-28(17-11-25)41-42(39,40)29-18-14-27(35)15-19-29/h5-19,22-23H,20-21H2,1-4H3,(H,36,38). The molecule has 0 heterocycles. The van der Waals surface area contributed by atoms with Gasteiger partial charge in [-0.15, -0.1) is 0 Å². The van der Waals surface area contributed by atoms with Crippen LogP contribution in [0.3, 0.4) is 0 Å². The van der Waals surface area contributed by atoms with Crippen LogP contribution in [0.2, 0.25) is 0 Å². The summed E-state index contributed by atoms with van der Waals surface area (Å²) >= 11 is 0. The summed E-state index contributed by atoms with van der Waals surface area (Å²) in [4.78, 5) is 15.2. The highest BCUT2D eigenvalue weighted by Gasteiger charge is 2.21. The molecule has 0 unspecified atom stereocenters. The van der Waals surface area contributed by atoms with Gasteiger partial charge in [0, 0.05) is 18.8 Å². The molecule has 0 aliphatic carbocycles. The molecule has 220 valence electrons. The Balaban J connectivity index is 1.58. The van der Waals surface area contributed by atoms with E-state index in [1.807, 2.05) is 18.2 Å². The Morgan fingerprint density at radius 1 is 0.738 bits per heavy atom. The number of urea groups is 1. The Kier molecular flexibility index (Phi) is 9.63. The molecule has 4 aromatic rings. The molecule has 2 amide bonds. The summed E-state index contributed by atoms with van der Waals surface area (Å²) in [7, 11) is -4.15.